The van der Waals surface area contributed by atoms with Crippen molar-refractivity contribution in [1.29, 1.82) is 5.26 Å². The van der Waals surface area contributed by atoms with Crippen molar-refractivity contribution in [2.75, 3.05) is 5.32 Å². The minimum absolute atomic E-state index is 0.218. The Bertz CT molecular complexity index is 1570. The number of nitrogens with zero attached hydrogens (tertiary/aromatic N) is 5. The van der Waals surface area contributed by atoms with E-state index in [1.807, 2.05) is 13.0 Å². The third-order valence-corrected chi connectivity index (χ3v) is 6.22. The molecule has 11 heteroatoms. The zero-order chi connectivity index (χ0) is 25.4. The molecule has 2 unspecified atom stereocenters. The van der Waals surface area contributed by atoms with Gasteiger partial charge in [0, 0.05) is 36.2 Å². The summed E-state index contributed by atoms with van der Waals surface area (Å²) in [6.45, 7) is 2.08. The van der Waals surface area contributed by atoms with Crippen LogP contribution >= 0.6 is 0 Å². The van der Waals surface area contributed by atoms with Crippen molar-refractivity contribution in [3.05, 3.63) is 93.2 Å². The summed E-state index contributed by atoms with van der Waals surface area (Å²) in [4.78, 5) is 34.9. The number of benzene rings is 1. The van der Waals surface area contributed by atoms with Crippen molar-refractivity contribution in [3.8, 4) is 17.6 Å². The summed E-state index contributed by atoms with van der Waals surface area (Å²) in [7, 11) is 1.46. The van der Waals surface area contributed by atoms with E-state index in [0.717, 1.165) is 5.56 Å². The number of nitrogens with one attached hydrogen (secondary N) is 1. The number of nitriles is 1. The smallest absolute Gasteiger partial charge is 0.296 e. The van der Waals surface area contributed by atoms with Crippen LogP contribution in [0.2, 0.25) is 0 Å². The van der Waals surface area contributed by atoms with E-state index in [1.54, 1.807) is 30.5 Å². The second-order valence-corrected chi connectivity index (χ2v) is 8.33. The third kappa shape index (κ3) is 3.74. The van der Waals surface area contributed by atoms with Crippen LogP contribution < -0.4 is 15.6 Å². The molecule has 0 bridgehead atoms. The summed E-state index contributed by atoms with van der Waals surface area (Å²) in [6, 6.07) is 11.1. The Morgan fingerprint density at radius 2 is 2.17 bits per heavy atom. The van der Waals surface area contributed by atoms with E-state index >= 15 is 0 Å². The topological polar surface area (TPSA) is 156 Å². The highest BCUT2D eigenvalue weighted by molar-refractivity contribution is 6.04. The van der Waals surface area contributed by atoms with Crippen molar-refractivity contribution in [3.63, 3.8) is 0 Å². The Kier molecular flexibility index (Phi) is 5.69. The van der Waals surface area contributed by atoms with E-state index in [2.05, 4.69) is 26.5 Å². The van der Waals surface area contributed by atoms with Crippen LogP contribution in [-0.4, -0.2) is 30.7 Å². The van der Waals surface area contributed by atoms with Crippen LogP contribution in [0.1, 0.15) is 57.5 Å². The van der Waals surface area contributed by atoms with Gasteiger partial charge in [0.2, 0.25) is 5.75 Å². The highest BCUT2D eigenvalue weighted by atomic mass is 16.5. The summed E-state index contributed by atoms with van der Waals surface area (Å²) in [5.41, 5.74) is 1.51. The Hall–Kier alpha value is -4.98. The van der Waals surface area contributed by atoms with Gasteiger partial charge in [0.25, 0.3) is 11.5 Å². The van der Waals surface area contributed by atoms with E-state index in [-0.39, 0.29) is 18.1 Å². The maximum atomic E-state index is 13.0. The molecule has 0 spiro atoms. The predicted molar refractivity (Wildman–Crippen MR) is 126 cm³/mol. The molecule has 1 aliphatic heterocycles. The van der Waals surface area contributed by atoms with Crippen LogP contribution in [0.3, 0.4) is 0 Å². The lowest BCUT2D eigenvalue weighted by atomic mass is 9.80. The first kappa shape index (κ1) is 22.8. The summed E-state index contributed by atoms with van der Waals surface area (Å²) in [5, 5.41) is 26.4. The van der Waals surface area contributed by atoms with Crippen LogP contribution in [0, 0.1) is 11.3 Å². The molecule has 5 rings (SSSR count). The first-order chi connectivity index (χ1) is 17.4. The fraction of sp³-hybridized carbons (Fsp3) is 0.200. The van der Waals surface area contributed by atoms with Crippen molar-refractivity contribution in [2.45, 2.75) is 25.4 Å². The van der Waals surface area contributed by atoms with Crippen LogP contribution in [0.4, 0.5) is 5.69 Å². The van der Waals surface area contributed by atoms with E-state index < -0.39 is 34.7 Å². The number of carbonyl (C=O) groups excluding carboxylic acids is 1. The van der Waals surface area contributed by atoms with Crippen LogP contribution in [0.15, 0.2) is 58.3 Å². The molecule has 0 saturated carbocycles. The summed E-state index contributed by atoms with van der Waals surface area (Å²) in [5.74, 6) is -1.94. The van der Waals surface area contributed by atoms with Crippen molar-refractivity contribution in [2.24, 2.45) is 7.05 Å². The molecule has 0 radical (unpaired) electrons. The number of hydrogen-bond donors (Lipinski definition) is 2. The van der Waals surface area contributed by atoms with E-state index in [1.165, 1.54) is 24.1 Å². The van der Waals surface area contributed by atoms with Crippen LogP contribution in [0.25, 0.3) is 0 Å². The summed E-state index contributed by atoms with van der Waals surface area (Å²) in [6.07, 6.45) is 4.13. The Labute approximate surface area is 204 Å². The molecule has 0 aliphatic carbocycles. The minimum atomic E-state index is -0.803. The molecule has 1 amide bonds. The van der Waals surface area contributed by atoms with Gasteiger partial charge in [-0.1, -0.05) is 24.2 Å². The van der Waals surface area contributed by atoms with Gasteiger partial charge < -0.3 is 19.7 Å². The zero-order valence-electron chi connectivity index (χ0n) is 19.3. The molecular weight excluding hydrogens is 464 g/mol. The average molecular weight is 484 g/mol. The monoisotopic (exact) mass is 484 g/mol. The van der Waals surface area contributed by atoms with Crippen LogP contribution in [-0.2, 0) is 13.7 Å². The fourth-order valence-corrected chi connectivity index (χ4v) is 4.50. The number of hydrogen-bond acceptors (Lipinski definition) is 9. The fourth-order valence-electron chi connectivity index (χ4n) is 4.50. The lowest BCUT2D eigenvalue weighted by Gasteiger charge is -2.26. The van der Waals surface area contributed by atoms with Gasteiger partial charge >= 0.3 is 0 Å². The molecule has 3 aromatic heterocycles. The molecule has 1 aliphatic rings. The standard InChI is InChI=1S/C25H20N6O5/c1-13(23-30-21(22(32)25(34)31(23)2)24(33)29-16-10-28-36-12-16)18-19-14(9-26)5-3-7-17(19)35-11-15-6-4-8-27-20(15)18/h3-8,10,12-13,18,32H,11H2,1-2H3,(H,29,33). The molecule has 1 aromatic carbocycles. The number of aromatic nitrogens is 4. The lowest BCUT2D eigenvalue weighted by Crippen LogP contribution is -2.29. The van der Waals surface area contributed by atoms with Crippen molar-refractivity contribution in [1.82, 2.24) is 19.7 Å². The van der Waals surface area contributed by atoms with E-state index in [4.69, 9.17) is 9.26 Å². The summed E-state index contributed by atoms with van der Waals surface area (Å²) >= 11 is 0. The van der Waals surface area contributed by atoms with Gasteiger partial charge in [-0.25, -0.2) is 4.98 Å². The average Bonchev–Trinajstić information content (AvgIpc) is 3.33. The van der Waals surface area contributed by atoms with E-state index in [9.17, 15) is 20.0 Å². The van der Waals surface area contributed by atoms with Gasteiger partial charge in [-0.15, -0.1) is 0 Å². The number of carbonyl (C=O) groups is 1. The third-order valence-electron chi connectivity index (χ3n) is 6.22. The van der Waals surface area contributed by atoms with E-state index in [0.29, 0.717) is 22.6 Å². The molecule has 4 aromatic rings. The Balaban J connectivity index is 1.69. The molecule has 180 valence electrons. The predicted octanol–water partition coefficient (Wildman–Crippen LogP) is 2.82. The highest BCUT2D eigenvalue weighted by Crippen LogP contribution is 2.45. The number of anilines is 1. The molecular formula is C25H20N6O5. The number of fused-ring (bicyclic) bond motifs is 2. The Morgan fingerprint density at radius 3 is 2.92 bits per heavy atom. The number of aromatic hydroxyl groups is 1. The number of ether oxygens (including phenoxy) is 1. The molecule has 2 N–H and O–H groups in total. The van der Waals surface area contributed by atoms with Crippen molar-refractivity contribution < 1.29 is 19.2 Å². The van der Waals surface area contributed by atoms with Gasteiger partial charge in [-0.2, -0.15) is 5.26 Å². The molecule has 2 atom stereocenters. The van der Waals surface area contributed by atoms with Gasteiger partial charge in [0.15, 0.2) is 5.69 Å². The lowest BCUT2D eigenvalue weighted by molar-refractivity contribution is 0.101. The number of pyridine rings is 1. The van der Waals surface area contributed by atoms with Gasteiger partial charge in [-0.3, -0.25) is 19.1 Å². The molecule has 4 heterocycles. The first-order valence-corrected chi connectivity index (χ1v) is 11.0. The van der Waals surface area contributed by atoms with Gasteiger partial charge in [-0.05, 0) is 18.2 Å². The second kappa shape index (κ2) is 8.99. The highest BCUT2D eigenvalue weighted by Gasteiger charge is 2.36. The molecule has 0 fully saturated rings. The Morgan fingerprint density at radius 1 is 1.33 bits per heavy atom. The maximum Gasteiger partial charge on any atom is 0.296 e. The largest absolute Gasteiger partial charge is 0.501 e. The number of amides is 1. The quantitative estimate of drug-likeness (QED) is 0.444. The van der Waals surface area contributed by atoms with Gasteiger partial charge in [0.1, 0.15) is 30.1 Å². The maximum absolute atomic E-state index is 13.0. The molecule has 0 saturated heterocycles. The molecule has 11 nitrogen and oxygen atoms in total. The second-order valence-electron chi connectivity index (χ2n) is 8.33. The van der Waals surface area contributed by atoms with Crippen LogP contribution in [0.5, 0.6) is 11.5 Å². The zero-order valence-corrected chi connectivity index (χ0v) is 19.3. The molecule has 36 heavy (non-hydrogen) atoms. The summed E-state index contributed by atoms with van der Waals surface area (Å²) < 4.78 is 11.9. The first-order valence-electron chi connectivity index (χ1n) is 11.0. The minimum Gasteiger partial charge on any atom is -0.501 e. The van der Waals surface area contributed by atoms with Crippen molar-refractivity contribution >= 4 is 11.6 Å². The number of rotatable bonds is 4. The SMILES string of the molecule is CC(c1nc(C(=O)Nc2cnoc2)c(O)c(=O)n1C)C1c2ncccc2COc2cccc(C#N)c21. The van der Waals surface area contributed by atoms with Gasteiger partial charge in [0.05, 0.1) is 23.5 Å². The normalized spacial score (nSPS) is 15.0.